The lowest BCUT2D eigenvalue weighted by Crippen LogP contribution is -2.41. The van der Waals surface area contributed by atoms with E-state index in [9.17, 15) is 9.59 Å². The van der Waals surface area contributed by atoms with E-state index in [1.807, 2.05) is 47.5 Å². The maximum atomic E-state index is 12.5. The molecular formula is C18H20N2O2S. The number of ketones is 1. The normalized spacial score (nSPS) is 15.6. The fourth-order valence-electron chi connectivity index (χ4n) is 2.99. The topological polar surface area (TPSA) is 50.3 Å². The average Bonchev–Trinajstić information content (AvgIpc) is 3.00. The number of carbonyl (C=O) groups excluding carboxylic acids is 2. The molecule has 3 rings (SSSR count). The molecule has 0 bridgehead atoms. The molecule has 1 fully saturated rings. The number of benzene rings is 1. The predicted octanol–water partition coefficient (Wildman–Crippen LogP) is 3.12. The number of rotatable bonds is 4. The van der Waals surface area contributed by atoms with Crippen LogP contribution in [0.4, 0.5) is 0 Å². The van der Waals surface area contributed by atoms with Crippen molar-refractivity contribution in [2.45, 2.75) is 26.2 Å². The number of hydrogen-bond donors (Lipinski definition) is 0. The van der Waals surface area contributed by atoms with Gasteiger partial charge in [0.1, 0.15) is 0 Å². The van der Waals surface area contributed by atoms with Crippen molar-refractivity contribution in [3.05, 3.63) is 52.0 Å². The monoisotopic (exact) mass is 328 g/mol. The van der Waals surface area contributed by atoms with Gasteiger partial charge in [-0.05, 0) is 19.8 Å². The van der Waals surface area contributed by atoms with Crippen molar-refractivity contribution in [3.8, 4) is 0 Å². The molecule has 2 aromatic rings. The first-order valence-electron chi connectivity index (χ1n) is 7.91. The Balaban J connectivity index is 1.54. The molecule has 0 unspecified atom stereocenters. The van der Waals surface area contributed by atoms with E-state index in [2.05, 4.69) is 4.98 Å². The Hall–Kier alpha value is -2.01. The smallest absolute Gasteiger partial charge is 0.228 e. The third-order valence-corrected chi connectivity index (χ3v) is 5.10. The summed E-state index contributed by atoms with van der Waals surface area (Å²) < 4.78 is 0. The SMILES string of the molecule is Cc1nc(CC(=O)N2CCC(C(=O)c3ccccc3)CC2)cs1. The molecule has 0 spiro atoms. The van der Waals surface area contributed by atoms with E-state index in [4.69, 9.17) is 0 Å². The standard InChI is InChI=1S/C18H20N2O2S/c1-13-19-16(12-23-13)11-17(21)20-9-7-15(8-10-20)18(22)14-5-3-2-4-6-14/h2-6,12,15H,7-11H2,1H3. The molecule has 1 aliphatic rings. The molecular weight excluding hydrogens is 308 g/mol. The third-order valence-electron chi connectivity index (χ3n) is 4.28. The van der Waals surface area contributed by atoms with Crippen molar-refractivity contribution >= 4 is 23.0 Å². The summed E-state index contributed by atoms with van der Waals surface area (Å²) in [7, 11) is 0. The van der Waals surface area contributed by atoms with E-state index in [1.165, 1.54) is 0 Å². The van der Waals surface area contributed by atoms with E-state index in [0.717, 1.165) is 29.1 Å². The minimum absolute atomic E-state index is 0.0305. The van der Waals surface area contributed by atoms with Gasteiger partial charge in [-0.1, -0.05) is 30.3 Å². The molecule has 1 saturated heterocycles. The van der Waals surface area contributed by atoms with Crippen molar-refractivity contribution in [2.75, 3.05) is 13.1 Å². The maximum absolute atomic E-state index is 12.5. The Morgan fingerprint density at radius 2 is 1.91 bits per heavy atom. The molecule has 0 N–H and O–H groups in total. The Kier molecular flexibility index (Phi) is 4.86. The first-order valence-corrected chi connectivity index (χ1v) is 8.79. The van der Waals surface area contributed by atoms with E-state index in [-0.39, 0.29) is 17.6 Å². The number of amides is 1. The van der Waals surface area contributed by atoms with Crippen molar-refractivity contribution < 1.29 is 9.59 Å². The molecule has 0 atom stereocenters. The molecule has 1 amide bonds. The van der Waals surface area contributed by atoms with Gasteiger partial charge in [0.25, 0.3) is 0 Å². The van der Waals surface area contributed by atoms with Crippen LogP contribution < -0.4 is 0 Å². The lowest BCUT2D eigenvalue weighted by atomic mass is 9.89. The van der Waals surface area contributed by atoms with Gasteiger partial charge in [0.2, 0.25) is 5.91 Å². The van der Waals surface area contributed by atoms with Crippen LogP contribution in [0.15, 0.2) is 35.7 Å². The lowest BCUT2D eigenvalue weighted by Gasteiger charge is -2.31. The van der Waals surface area contributed by atoms with Crippen molar-refractivity contribution in [2.24, 2.45) is 5.92 Å². The van der Waals surface area contributed by atoms with Crippen molar-refractivity contribution in [1.29, 1.82) is 0 Å². The Morgan fingerprint density at radius 3 is 2.52 bits per heavy atom. The van der Waals surface area contributed by atoms with Gasteiger partial charge in [0, 0.05) is 30.0 Å². The number of nitrogens with zero attached hydrogens (tertiary/aromatic N) is 2. The summed E-state index contributed by atoms with van der Waals surface area (Å²) in [5.41, 5.74) is 1.62. The van der Waals surface area contributed by atoms with Gasteiger partial charge in [-0.3, -0.25) is 9.59 Å². The molecule has 1 aromatic carbocycles. The van der Waals surface area contributed by atoms with Crippen LogP contribution in [0.25, 0.3) is 0 Å². The molecule has 1 aromatic heterocycles. The fraction of sp³-hybridized carbons (Fsp3) is 0.389. The Morgan fingerprint density at radius 1 is 1.22 bits per heavy atom. The number of likely N-dealkylation sites (tertiary alicyclic amines) is 1. The summed E-state index contributed by atoms with van der Waals surface area (Å²) in [5, 5.41) is 2.93. The van der Waals surface area contributed by atoms with E-state index in [1.54, 1.807) is 11.3 Å². The van der Waals surface area contributed by atoms with Crippen LogP contribution in [-0.2, 0) is 11.2 Å². The molecule has 5 heteroatoms. The van der Waals surface area contributed by atoms with Crippen molar-refractivity contribution in [1.82, 2.24) is 9.88 Å². The predicted molar refractivity (Wildman–Crippen MR) is 90.6 cm³/mol. The number of carbonyl (C=O) groups is 2. The molecule has 23 heavy (non-hydrogen) atoms. The second kappa shape index (κ2) is 7.04. The minimum atomic E-state index is 0.0305. The van der Waals surface area contributed by atoms with E-state index < -0.39 is 0 Å². The second-order valence-electron chi connectivity index (χ2n) is 5.92. The molecule has 0 saturated carbocycles. The zero-order chi connectivity index (χ0) is 16.2. The number of Topliss-reactive ketones (excluding diaryl/α,β-unsaturated/α-hetero) is 1. The van der Waals surface area contributed by atoms with Crippen LogP contribution in [0.5, 0.6) is 0 Å². The number of thiazole rings is 1. The minimum Gasteiger partial charge on any atom is -0.342 e. The molecule has 0 aliphatic carbocycles. The largest absolute Gasteiger partial charge is 0.342 e. The van der Waals surface area contributed by atoms with Crippen LogP contribution in [0.2, 0.25) is 0 Å². The zero-order valence-corrected chi connectivity index (χ0v) is 14.0. The van der Waals surface area contributed by atoms with Gasteiger partial charge in [-0.15, -0.1) is 11.3 Å². The van der Waals surface area contributed by atoms with Gasteiger partial charge in [-0.2, -0.15) is 0 Å². The van der Waals surface area contributed by atoms with E-state index in [0.29, 0.717) is 19.5 Å². The number of aromatic nitrogens is 1. The number of piperidine rings is 1. The van der Waals surface area contributed by atoms with Gasteiger partial charge < -0.3 is 4.90 Å². The van der Waals surface area contributed by atoms with Crippen LogP contribution in [0.1, 0.15) is 33.9 Å². The highest BCUT2D eigenvalue weighted by Crippen LogP contribution is 2.22. The summed E-state index contributed by atoms with van der Waals surface area (Å²) in [5.74, 6) is 0.344. The molecule has 2 heterocycles. The summed E-state index contributed by atoms with van der Waals surface area (Å²) in [4.78, 5) is 31.0. The number of hydrogen-bond acceptors (Lipinski definition) is 4. The van der Waals surface area contributed by atoms with Gasteiger partial charge in [0.05, 0.1) is 17.1 Å². The fourth-order valence-corrected chi connectivity index (χ4v) is 3.60. The molecule has 1 aliphatic heterocycles. The first-order chi connectivity index (χ1) is 11.1. The summed E-state index contributed by atoms with van der Waals surface area (Å²) in [6.45, 7) is 3.26. The van der Waals surface area contributed by atoms with Crippen LogP contribution in [0.3, 0.4) is 0 Å². The highest BCUT2D eigenvalue weighted by atomic mass is 32.1. The highest BCUT2D eigenvalue weighted by Gasteiger charge is 2.28. The van der Waals surface area contributed by atoms with E-state index >= 15 is 0 Å². The summed E-state index contributed by atoms with van der Waals surface area (Å²) >= 11 is 1.57. The molecule has 0 radical (unpaired) electrons. The Bertz CT molecular complexity index is 688. The second-order valence-corrected chi connectivity index (χ2v) is 6.98. The average molecular weight is 328 g/mol. The summed E-state index contributed by atoms with van der Waals surface area (Å²) in [6.07, 6.45) is 1.85. The van der Waals surface area contributed by atoms with Crippen molar-refractivity contribution in [3.63, 3.8) is 0 Å². The van der Waals surface area contributed by atoms with Crippen LogP contribution >= 0.6 is 11.3 Å². The van der Waals surface area contributed by atoms with Gasteiger partial charge in [0.15, 0.2) is 5.78 Å². The highest BCUT2D eigenvalue weighted by molar-refractivity contribution is 7.09. The maximum Gasteiger partial charge on any atom is 0.228 e. The van der Waals surface area contributed by atoms with Crippen LogP contribution in [0, 0.1) is 12.8 Å². The number of aryl methyl sites for hydroxylation is 1. The Labute approximate surface area is 140 Å². The van der Waals surface area contributed by atoms with Crippen LogP contribution in [-0.4, -0.2) is 34.7 Å². The molecule has 4 nitrogen and oxygen atoms in total. The lowest BCUT2D eigenvalue weighted by molar-refractivity contribution is -0.131. The van der Waals surface area contributed by atoms with Gasteiger partial charge >= 0.3 is 0 Å². The quantitative estimate of drug-likeness (QED) is 0.810. The summed E-state index contributed by atoms with van der Waals surface area (Å²) in [6, 6.07) is 9.43. The molecule has 120 valence electrons. The third kappa shape index (κ3) is 3.85. The zero-order valence-electron chi connectivity index (χ0n) is 13.2. The van der Waals surface area contributed by atoms with Gasteiger partial charge in [-0.25, -0.2) is 4.98 Å². The first kappa shape index (κ1) is 15.9.